The van der Waals surface area contributed by atoms with E-state index in [-0.39, 0.29) is 0 Å². The van der Waals surface area contributed by atoms with Gasteiger partial charge in [0.2, 0.25) is 0 Å². The number of aliphatic hydroxyl groups excluding tert-OH is 1. The Morgan fingerprint density at radius 1 is 0.773 bits per heavy atom. The number of benzene rings is 3. The molecule has 0 aromatic heterocycles. The summed E-state index contributed by atoms with van der Waals surface area (Å²) >= 11 is 0. The Morgan fingerprint density at radius 3 is 2.09 bits per heavy atom. The van der Waals surface area contributed by atoms with E-state index in [9.17, 15) is 5.11 Å². The van der Waals surface area contributed by atoms with E-state index in [0.29, 0.717) is 5.69 Å². The molecule has 0 saturated heterocycles. The highest BCUT2D eigenvalue weighted by Crippen LogP contribution is 2.29. The quantitative estimate of drug-likeness (QED) is 0.705. The number of anilines is 1. The number of aliphatic hydroxyl groups is 1. The first-order valence-corrected chi connectivity index (χ1v) is 7.35. The average Bonchev–Trinajstić information content (AvgIpc) is 2.58. The summed E-state index contributed by atoms with van der Waals surface area (Å²) in [5, 5.41) is 10.6. The minimum atomic E-state index is -0.659. The van der Waals surface area contributed by atoms with Gasteiger partial charge in [-0.2, -0.15) is 0 Å². The molecule has 0 amide bonds. The molecule has 0 spiro atoms. The van der Waals surface area contributed by atoms with Gasteiger partial charge in [0.15, 0.2) is 0 Å². The number of hydrogen-bond acceptors (Lipinski definition) is 2. The number of rotatable bonds is 3. The fraction of sp³-hybridized carbons (Fsp3) is 0.100. The van der Waals surface area contributed by atoms with Crippen LogP contribution in [0.2, 0.25) is 0 Å². The zero-order valence-electron chi connectivity index (χ0n) is 12.5. The van der Waals surface area contributed by atoms with Gasteiger partial charge in [-0.05, 0) is 40.8 Å². The van der Waals surface area contributed by atoms with Crippen molar-refractivity contribution in [1.82, 2.24) is 0 Å². The van der Waals surface area contributed by atoms with Crippen molar-refractivity contribution in [3.05, 3.63) is 89.5 Å². The maximum absolute atomic E-state index is 10.6. The van der Waals surface area contributed by atoms with Gasteiger partial charge in [-0.1, -0.05) is 66.7 Å². The van der Waals surface area contributed by atoms with Crippen LogP contribution >= 0.6 is 0 Å². The molecule has 0 aliphatic carbocycles. The van der Waals surface area contributed by atoms with Crippen LogP contribution in [0.3, 0.4) is 0 Å². The van der Waals surface area contributed by atoms with Gasteiger partial charge in [0, 0.05) is 5.69 Å². The summed E-state index contributed by atoms with van der Waals surface area (Å²) in [4.78, 5) is 0. The smallest absolute Gasteiger partial charge is 0.104 e. The molecular formula is C20H19NO. The third-order valence-electron chi connectivity index (χ3n) is 4.05. The molecule has 110 valence electrons. The van der Waals surface area contributed by atoms with Crippen LogP contribution < -0.4 is 5.73 Å². The maximum atomic E-state index is 10.6. The summed E-state index contributed by atoms with van der Waals surface area (Å²) in [7, 11) is 0. The Hall–Kier alpha value is -2.58. The average molecular weight is 289 g/mol. The summed E-state index contributed by atoms with van der Waals surface area (Å²) in [6.45, 7) is 1.94. The Balaban J connectivity index is 1.91. The van der Waals surface area contributed by atoms with Gasteiger partial charge in [-0.25, -0.2) is 0 Å². The molecular weight excluding hydrogens is 270 g/mol. The monoisotopic (exact) mass is 289 g/mol. The van der Waals surface area contributed by atoms with Gasteiger partial charge in [0.1, 0.15) is 6.10 Å². The third kappa shape index (κ3) is 2.74. The summed E-state index contributed by atoms with van der Waals surface area (Å²) in [5.41, 5.74) is 11.6. The first-order valence-electron chi connectivity index (χ1n) is 7.35. The van der Waals surface area contributed by atoms with Crippen molar-refractivity contribution in [2.45, 2.75) is 13.0 Å². The lowest BCUT2D eigenvalue weighted by Crippen LogP contribution is -2.04. The predicted octanol–water partition coefficient (Wildman–Crippen LogP) is 4.33. The SMILES string of the molecule is Cc1c(N)cccc1[C@H](O)c1ccc(-c2ccccc2)cc1. The van der Waals surface area contributed by atoms with Crippen molar-refractivity contribution in [3.63, 3.8) is 0 Å². The van der Waals surface area contributed by atoms with Crippen LogP contribution in [0.25, 0.3) is 11.1 Å². The third-order valence-corrected chi connectivity index (χ3v) is 4.05. The summed E-state index contributed by atoms with van der Waals surface area (Å²) in [6, 6.07) is 23.9. The number of hydrogen-bond donors (Lipinski definition) is 2. The summed E-state index contributed by atoms with van der Waals surface area (Å²) in [5.74, 6) is 0. The Labute approximate surface area is 130 Å². The molecule has 0 saturated carbocycles. The van der Waals surface area contributed by atoms with Crippen molar-refractivity contribution in [2.24, 2.45) is 0 Å². The zero-order chi connectivity index (χ0) is 15.5. The maximum Gasteiger partial charge on any atom is 0.104 e. The largest absolute Gasteiger partial charge is 0.399 e. The van der Waals surface area contributed by atoms with Crippen molar-refractivity contribution in [1.29, 1.82) is 0 Å². The molecule has 0 heterocycles. The van der Waals surface area contributed by atoms with Crippen molar-refractivity contribution in [3.8, 4) is 11.1 Å². The molecule has 2 nitrogen and oxygen atoms in total. The van der Waals surface area contributed by atoms with Gasteiger partial charge in [-0.15, -0.1) is 0 Å². The van der Waals surface area contributed by atoms with E-state index in [2.05, 4.69) is 12.1 Å². The van der Waals surface area contributed by atoms with Gasteiger partial charge in [0.25, 0.3) is 0 Å². The second-order valence-corrected chi connectivity index (χ2v) is 5.45. The fourth-order valence-corrected chi connectivity index (χ4v) is 2.64. The van der Waals surface area contributed by atoms with E-state index in [4.69, 9.17) is 5.73 Å². The second-order valence-electron chi connectivity index (χ2n) is 5.45. The second kappa shape index (κ2) is 6.04. The van der Waals surface area contributed by atoms with Crippen LogP contribution in [0.4, 0.5) is 5.69 Å². The van der Waals surface area contributed by atoms with Crippen LogP contribution in [0.5, 0.6) is 0 Å². The first-order chi connectivity index (χ1) is 10.7. The lowest BCUT2D eigenvalue weighted by Gasteiger charge is -2.16. The predicted molar refractivity (Wildman–Crippen MR) is 91.5 cm³/mol. The van der Waals surface area contributed by atoms with Gasteiger partial charge < -0.3 is 10.8 Å². The number of nitrogen functional groups attached to an aromatic ring is 1. The Kier molecular flexibility index (Phi) is 3.94. The molecule has 2 heteroatoms. The lowest BCUT2D eigenvalue weighted by molar-refractivity contribution is 0.219. The van der Waals surface area contributed by atoms with Crippen molar-refractivity contribution in [2.75, 3.05) is 5.73 Å². The van der Waals surface area contributed by atoms with E-state index < -0.39 is 6.10 Å². The molecule has 22 heavy (non-hydrogen) atoms. The highest BCUT2D eigenvalue weighted by molar-refractivity contribution is 5.63. The highest BCUT2D eigenvalue weighted by Gasteiger charge is 2.14. The molecule has 0 fully saturated rings. The molecule has 3 aromatic carbocycles. The van der Waals surface area contributed by atoms with E-state index in [0.717, 1.165) is 22.3 Å². The highest BCUT2D eigenvalue weighted by atomic mass is 16.3. The summed E-state index contributed by atoms with van der Waals surface area (Å²) in [6.07, 6.45) is -0.659. The molecule has 0 bridgehead atoms. The molecule has 0 aliphatic rings. The molecule has 3 rings (SSSR count). The minimum Gasteiger partial charge on any atom is -0.399 e. The molecule has 1 atom stereocenters. The fourth-order valence-electron chi connectivity index (χ4n) is 2.64. The van der Waals surface area contributed by atoms with Crippen LogP contribution in [0, 0.1) is 6.92 Å². The van der Waals surface area contributed by atoms with Crippen LogP contribution in [-0.2, 0) is 0 Å². The lowest BCUT2D eigenvalue weighted by atomic mass is 9.95. The van der Waals surface area contributed by atoms with Crippen LogP contribution in [0.15, 0.2) is 72.8 Å². The Morgan fingerprint density at radius 2 is 1.41 bits per heavy atom. The van der Waals surface area contributed by atoms with Crippen molar-refractivity contribution < 1.29 is 5.11 Å². The van der Waals surface area contributed by atoms with Crippen molar-refractivity contribution >= 4 is 5.69 Å². The standard InChI is InChI=1S/C20H19NO/c1-14-18(8-5-9-19(14)21)20(22)17-12-10-16(11-13-17)15-6-3-2-4-7-15/h2-13,20,22H,21H2,1H3/t20-/m1/s1. The zero-order valence-corrected chi connectivity index (χ0v) is 12.5. The van der Waals surface area contributed by atoms with Crippen LogP contribution in [0.1, 0.15) is 22.8 Å². The normalized spacial score (nSPS) is 12.1. The van der Waals surface area contributed by atoms with Crippen LogP contribution in [-0.4, -0.2) is 5.11 Å². The Bertz CT molecular complexity index is 763. The van der Waals surface area contributed by atoms with E-state index in [1.165, 1.54) is 5.56 Å². The number of nitrogens with two attached hydrogens (primary N) is 1. The van der Waals surface area contributed by atoms with E-state index in [1.807, 2.05) is 67.6 Å². The minimum absolute atomic E-state index is 0.659. The molecule has 0 unspecified atom stereocenters. The van der Waals surface area contributed by atoms with Gasteiger partial charge in [0.05, 0.1) is 0 Å². The molecule has 3 N–H and O–H groups in total. The van der Waals surface area contributed by atoms with Gasteiger partial charge >= 0.3 is 0 Å². The van der Waals surface area contributed by atoms with E-state index in [1.54, 1.807) is 0 Å². The topological polar surface area (TPSA) is 46.2 Å². The molecule has 0 aliphatic heterocycles. The first kappa shape index (κ1) is 14.4. The van der Waals surface area contributed by atoms with Gasteiger partial charge in [-0.3, -0.25) is 0 Å². The molecule has 0 radical (unpaired) electrons. The van der Waals surface area contributed by atoms with E-state index >= 15 is 0 Å². The summed E-state index contributed by atoms with van der Waals surface area (Å²) < 4.78 is 0. The molecule has 3 aromatic rings.